The maximum atomic E-state index is 13.8. The van der Waals surface area contributed by atoms with Crippen LogP contribution in [0.3, 0.4) is 0 Å². The molecule has 2 nitrogen and oxygen atoms in total. The first-order valence-corrected chi connectivity index (χ1v) is 7.09. The van der Waals surface area contributed by atoms with Crippen molar-refractivity contribution in [2.24, 2.45) is 0 Å². The molecule has 0 aliphatic carbocycles. The number of benzene rings is 1. The van der Waals surface area contributed by atoms with Gasteiger partial charge in [-0.05, 0) is 55.1 Å². The van der Waals surface area contributed by atoms with Crippen LogP contribution in [0.2, 0.25) is 0 Å². The summed E-state index contributed by atoms with van der Waals surface area (Å²) in [5, 5.41) is 3.49. The van der Waals surface area contributed by atoms with Crippen molar-refractivity contribution in [1.82, 2.24) is 10.3 Å². The third-order valence-corrected chi connectivity index (χ3v) is 3.40. The number of aromatic nitrogens is 1. The monoisotopic (exact) mass is 272 g/mol. The zero-order valence-corrected chi connectivity index (χ0v) is 12.1. The van der Waals surface area contributed by atoms with Crippen molar-refractivity contribution in [3.63, 3.8) is 0 Å². The first-order chi connectivity index (χ1) is 9.70. The lowest BCUT2D eigenvalue weighted by Crippen LogP contribution is -2.24. The Morgan fingerprint density at radius 1 is 1.30 bits per heavy atom. The number of nitrogens with one attached hydrogen (secondary N) is 1. The number of hydrogen-bond acceptors (Lipinski definition) is 2. The van der Waals surface area contributed by atoms with Gasteiger partial charge in [0.15, 0.2) is 0 Å². The summed E-state index contributed by atoms with van der Waals surface area (Å²) in [6.07, 6.45) is 5.50. The molecule has 1 atom stereocenters. The first-order valence-electron chi connectivity index (χ1n) is 7.09. The number of rotatable bonds is 6. The topological polar surface area (TPSA) is 24.9 Å². The van der Waals surface area contributed by atoms with E-state index >= 15 is 0 Å². The quantitative estimate of drug-likeness (QED) is 0.865. The van der Waals surface area contributed by atoms with E-state index in [1.807, 2.05) is 24.4 Å². The van der Waals surface area contributed by atoms with Crippen LogP contribution in [0, 0.1) is 12.7 Å². The molecule has 0 saturated heterocycles. The van der Waals surface area contributed by atoms with Crippen LogP contribution >= 0.6 is 0 Å². The second-order valence-corrected chi connectivity index (χ2v) is 5.08. The predicted octanol–water partition coefficient (Wildman–Crippen LogP) is 3.81. The average Bonchev–Trinajstić information content (AvgIpc) is 2.47. The van der Waals surface area contributed by atoms with Gasteiger partial charge in [-0.3, -0.25) is 4.98 Å². The molecule has 0 radical (unpaired) electrons. The molecule has 0 bridgehead atoms. The molecule has 1 heterocycles. The standard InChI is InChI=1S/C17H21FN2/c1-3-8-20-17(10-14-5-4-9-19-12-14)15-7-6-13(2)16(18)11-15/h4-7,9,11-12,17,20H,3,8,10H2,1-2H3. The van der Waals surface area contributed by atoms with Gasteiger partial charge in [-0.2, -0.15) is 0 Å². The second kappa shape index (κ2) is 7.15. The summed E-state index contributed by atoms with van der Waals surface area (Å²) in [4.78, 5) is 4.14. The molecule has 0 amide bonds. The molecule has 2 aromatic rings. The molecule has 3 heteroatoms. The molecule has 1 aromatic carbocycles. The highest BCUT2D eigenvalue weighted by molar-refractivity contribution is 5.27. The van der Waals surface area contributed by atoms with Gasteiger partial charge in [0.2, 0.25) is 0 Å². The molecule has 0 aliphatic rings. The van der Waals surface area contributed by atoms with Crippen LogP contribution in [0.15, 0.2) is 42.7 Å². The van der Waals surface area contributed by atoms with Crippen molar-refractivity contribution in [3.05, 3.63) is 65.2 Å². The zero-order chi connectivity index (χ0) is 14.4. The first kappa shape index (κ1) is 14.7. The fourth-order valence-electron chi connectivity index (χ4n) is 2.21. The highest BCUT2D eigenvalue weighted by Crippen LogP contribution is 2.20. The molecule has 0 fully saturated rings. The molecule has 0 spiro atoms. The summed E-state index contributed by atoms with van der Waals surface area (Å²) in [7, 11) is 0. The maximum Gasteiger partial charge on any atom is 0.126 e. The Hall–Kier alpha value is -1.74. The van der Waals surface area contributed by atoms with Crippen molar-refractivity contribution < 1.29 is 4.39 Å². The molecule has 1 aromatic heterocycles. The number of nitrogens with zero attached hydrogens (tertiary/aromatic N) is 1. The minimum atomic E-state index is -0.142. The summed E-state index contributed by atoms with van der Waals surface area (Å²) < 4.78 is 13.8. The molecule has 0 saturated carbocycles. The molecule has 0 aliphatic heterocycles. The molecule has 106 valence electrons. The van der Waals surface area contributed by atoms with E-state index in [0.29, 0.717) is 5.56 Å². The Morgan fingerprint density at radius 3 is 2.80 bits per heavy atom. The van der Waals surface area contributed by atoms with Crippen molar-refractivity contribution in [3.8, 4) is 0 Å². The Kier molecular flexibility index (Phi) is 5.24. The van der Waals surface area contributed by atoms with Gasteiger partial charge in [0.1, 0.15) is 5.82 Å². The van der Waals surface area contributed by atoms with E-state index in [2.05, 4.69) is 23.3 Å². The van der Waals surface area contributed by atoms with Crippen molar-refractivity contribution in [2.45, 2.75) is 32.7 Å². The summed E-state index contributed by atoms with van der Waals surface area (Å²) in [5.74, 6) is -0.142. The Balaban J connectivity index is 2.20. The third kappa shape index (κ3) is 3.87. The number of pyridine rings is 1. The van der Waals surface area contributed by atoms with Crippen LogP contribution < -0.4 is 5.32 Å². The van der Waals surface area contributed by atoms with Gasteiger partial charge in [0, 0.05) is 18.4 Å². The molecular formula is C17H21FN2. The van der Waals surface area contributed by atoms with Crippen LogP contribution in [0.25, 0.3) is 0 Å². The van der Waals surface area contributed by atoms with Crippen LogP contribution in [0.1, 0.15) is 36.1 Å². The van der Waals surface area contributed by atoms with Gasteiger partial charge in [0.25, 0.3) is 0 Å². The fourth-order valence-corrected chi connectivity index (χ4v) is 2.21. The largest absolute Gasteiger partial charge is 0.310 e. The van der Waals surface area contributed by atoms with Gasteiger partial charge >= 0.3 is 0 Å². The van der Waals surface area contributed by atoms with Gasteiger partial charge in [-0.15, -0.1) is 0 Å². The van der Waals surface area contributed by atoms with Gasteiger partial charge in [-0.25, -0.2) is 4.39 Å². The molecular weight excluding hydrogens is 251 g/mol. The minimum absolute atomic E-state index is 0.120. The smallest absolute Gasteiger partial charge is 0.126 e. The zero-order valence-electron chi connectivity index (χ0n) is 12.1. The lowest BCUT2D eigenvalue weighted by molar-refractivity contribution is 0.523. The van der Waals surface area contributed by atoms with Gasteiger partial charge in [0.05, 0.1) is 0 Å². The fraction of sp³-hybridized carbons (Fsp3) is 0.353. The van der Waals surface area contributed by atoms with E-state index in [1.165, 1.54) is 0 Å². The van der Waals surface area contributed by atoms with Crippen LogP contribution in [0.5, 0.6) is 0 Å². The van der Waals surface area contributed by atoms with E-state index in [4.69, 9.17) is 0 Å². The molecule has 1 unspecified atom stereocenters. The molecule has 20 heavy (non-hydrogen) atoms. The number of hydrogen-bond donors (Lipinski definition) is 1. The number of halogens is 1. The van der Waals surface area contributed by atoms with E-state index in [0.717, 1.165) is 30.5 Å². The average molecular weight is 272 g/mol. The third-order valence-electron chi connectivity index (χ3n) is 3.40. The van der Waals surface area contributed by atoms with Gasteiger partial charge in [-0.1, -0.05) is 25.1 Å². The second-order valence-electron chi connectivity index (χ2n) is 5.08. The van der Waals surface area contributed by atoms with E-state index in [1.54, 1.807) is 19.2 Å². The van der Waals surface area contributed by atoms with Crippen LogP contribution in [-0.4, -0.2) is 11.5 Å². The Morgan fingerprint density at radius 2 is 2.15 bits per heavy atom. The summed E-state index contributed by atoms with van der Waals surface area (Å²) in [6.45, 7) is 4.83. The van der Waals surface area contributed by atoms with E-state index in [-0.39, 0.29) is 11.9 Å². The normalized spacial score (nSPS) is 12.3. The SMILES string of the molecule is CCCNC(Cc1cccnc1)c1ccc(C)c(F)c1. The lowest BCUT2D eigenvalue weighted by atomic mass is 9.98. The van der Waals surface area contributed by atoms with E-state index < -0.39 is 0 Å². The van der Waals surface area contributed by atoms with Crippen molar-refractivity contribution in [1.29, 1.82) is 0 Å². The van der Waals surface area contributed by atoms with Crippen LogP contribution in [0.4, 0.5) is 4.39 Å². The lowest BCUT2D eigenvalue weighted by Gasteiger charge is -2.19. The van der Waals surface area contributed by atoms with E-state index in [9.17, 15) is 4.39 Å². The highest BCUT2D eigenvalue weighted by atomic mass is 19.1. The summed E-state index contributed by atoms with van der Waals surface area (Å²) in [6, 6.07) is 9.59. The highest BCUT2D eigenvalue weighted by Gasteiger charge is 2.13. The minimum Gasteiger partial charge on any atom is -0.310 e. The predicted molar refractivity (Wildman–Crippen MR) is 80.1 cm³/mol. The van der Waals surface area contributed by atoms with Crippen LogP contribution in [-0.2, 0) is 6.42 Å². The van der Waals surface area contributed by atoms with Crippen molar-refractivity contribution >= 4 is 0 Å². The maximum absolute atomic E-state index is 13.8. The number of aryl methyl sites for hydroxylation is 1. The summed E-state index contributed by atoms with van der Waals surface area (Å²) in [5.41, 5.74) is 2.83. The summed E-state index contributed by atoms with van der Waals surface area (Å²) >= 11 is 0. The molecule has 2 rings (SSSR count). The molecule has 1 N–H and O–H groups in total. The Bertz CT molecular complexity index is 540. The van der Waals surface area contributed by atoms with Gasteiger partial charge < -0.3 is 5.32 Å². The Labute approximate surface area is 120 Å². The van der Waals surface area contributed by atoms with Crippen molar-refractivity contribution in [2.75, 3.05) is 6.54 Å².